The minimum absolute atomic E-state index is 0.0314. The normalized spacial score (nSPS) is 26.2. The molecule has 0 radical (unpaired) electrons. The van der Waals surface area contributed by atoms with Crippen LogP contribution in [0.2, 0.25) is 5.02 Å². The van der Waals surface area contributed by atoms with E-state index in [0.29, 0.717) is 5.02 Å². The lowest BCUT2D eigenvalue weighted by Gasteiger charge is -2.31. The van der Waals surface area contributed by atoms with Crippen LogP contribution in [0.1, 0.15) is 49.4 Å². The Kier molecular flexibility index (Phi) is 4.82. The van der Waals surface area contributed by atoms with Crippen LogP contribution in [0.3, 0.4) is 0 Å². The number of quaternary nitrogens is 1. The van der Waals surface area contributed by atoms with Crippen molar-refractivity contribution in [2.24, 2.45) is 10.8 Å². The number of nitrogens with zero attached hydrogens (tertiary/aromatic N) is 2. The summed E-state index contributed by atoms with van der Waals surface area (Å²) < 4.78 is 0. The van der Waals surface area contributed by atoms with E-state index in [1.165, 1.54) is 0 Å². The van der Waals surface area contributed by atoms with Crippen LogP contribution in [0, 0.1) is 33.5 Å². The minimum atomic E-state index is -1.41. The van der Waals surface area contributed by atoms with Crippen molar-refractivity contribution in [3.05, 3.63) is 76.4 Å². The molecular formula is C25H23ClN3O+. The molecule has 2 aromatic carbocycles. The Bertz CT molecular complexity index is 1120. The molecule has 1 saturated heterocycles. The van der Waals surface area contributed by atoms with E-state index in [1.54, 1.807) is 12.1 Å². The molecule has 2 aromatic rings. The molecule has 5 heteroatoms. The van der Waals surface area contributed by atoms with Crippen LogP contribution in [-0.2, 0) is 4.79 Å². The number of fused-ring (bicyclic) bond motifs is 3. The van der Waals surface area contributed by atoms with Crippen molar-refractivity contribution in [2.75, 3.05) is 0 Å². The van der Waals surface area contributed by atoms with E-state index in [9.17, 15) is 15.3 Å². The van der Waals surface area contributed by atoms with Crippen molar-refractivity contribution in [1.29, 1.82) is 10.5 Å². The maximum Gasteiger partial charge on any atom is 0.212 e. The molecule has 150 valence electrons. The molecule has 0 bridgehead atoms. The lowest BCUT2D eigenvalue weighted by Crippen LogP contribution is -3.12. The van der Waals surface area contributed by atoms with E-state index in [-0.39, 0.29) is 5.78 Å². The van der Waals surface area contributed by atoms with Gasteiger partial charge in [0.15, 0.2) is 17.9 Å². The predicted octanol–water partition coefficient (Wildman–Crippen LogP) is 4.07. The number of halogens is 1. The number of carbonyl (C=O) groups excluding carboxylic acids is 1. The van der Waals surface area contributed by atoms with Gasteiger partial charge in [-0.1, -0.05) is 68.8 Å². The third-order valence-electron chi connectivity index (χ3n) is 6.33. The fourth-order valence-corrected chi connectivity index (χ4v) is 5.23. The second kappa shape index (κ2) is 7.10. The monoisotopic (exact) mass is 416 g/mol. The highest BCUT2D eigenvalue weighted by atomic mass is 35.5. The largest absolute Gasteiger partial charge is 0.292 e. The molecule has 1 fully saturated rings. The first-order valence-electron chi connectivity index (χ1n) is 10.0. The summed E-state index contributed by atoms with van der Waals surface area (Å²) >= 11 is 6.28. The van der Waals surface area contributed by atoms with Crippen LogP contribution in [0.25, 0.3) is 6.08 Å². The molecule has 0 aromatic heterocycles. The summed E-state index contributed by atoms with van der Waals surface area (Å²) in [4.78, 5) is 14.6. The first-order chi connectivity index (χ1) is 14.2. The highest BCUT2D eigenvalue weighted by Crippen LogP contribution is 2.52. The molecule has 2 heterocycles. The third kappa shape index (κ3) is 2.88. The zero-order valence-corrected chi connectivity index (χ0v) is 17.9. The zero-order chi connectivity index (χ0) is 21.7. The Balaban J connectivity index is 2.03. The van der Waals surface area contributed by atoms with Gasteiger partial charge in [0.25, 0.3) is 0 Å². The summed E-state index contributed by atoms with van der Waals surface area (Å²) in [6.45, 7) is 5.66. The molecule has 4 rings (SSSR count). The molecule has 4 atom stereocenters. The van der Waals surface area contributed by atoms with Crippen molar-refractivity contribution < 1.29 is 9.69 Å². The van der Waals surface area contributed by atoms with Crippen LogP contribution >= 0.6 is 11.6 Å². The van der Waals surface area contributed by atoms with Crippen molar-refractivity contribution in [3.8, 4) is 12.1 Å². The molecule has 30 heavy (non-hydrogen) atoms. The van der Waals surface area contributed by atoms with Gasteiger partial charge in [-0.25, -0.2) is 0 Å². The maximum atomic E-state index is 13.7. The Labute approximate surface area is 182 Å². The molecular weight excluding hydrogens is 394 g/mol. The lowest BCUT2D eigenvalue weighted by atomic mass is 9.66. The standard InChI is InChI=1S/C25H22ClN3O/c1-24(2,3)23(30)21-20(17-8-6-9-18(26)13-17)25(14-27,15-28)22-19-10-5-4-7-16(19)11-12-29(21)22/h4-13,20-22H,1-3H3/p+1/t20-,21+,22+/m0/s1. The van der Waals surface area contributed by atoms with Crippen LogP contribution in [-0.4, -0.2) is 11.8 Å². The van der Waals surface area contributed by atoms with Gasteiger partial charge < -0.3 is 0 Å². The van der Waals surface area contributed by atoms with Crippen molar-refractivity contribution in [3.63, 3.8) is 0 Å². The topological polar surface area (TPSA) is 69.1 Å². The smallest absolute Gasteiger partial charge is 0.212 e. The van der Waals surface area contributed by atoms with Gasteiger partial charge in [-0.2, -0.15) is 10.5 Å². The van der Waals surface area contributed by atoms with Crippen molar-refractivity contribution in [1.82, 2.24) is 0 Å². The zero-order valence-electron chi connectivity index (χ0n) is 17.2. The fourth-order valence-electron chi connectivity index (χ4n) is 5.03. The number of hydrogen-bond donors (Lipinski definition) is 1. The van der Waals surface area contributed by atoms with Crippen LogP contribution in [0.15, 0.2) is 54.7 Å². The summed E-state index contributed by atoms with van der Waals surface area (Å²) in [5.41, 5.74) is 0.627. The summed E-state index contributed by atoms with van der Waals surface area (Å²) in [5, 5.41) is 21.4. The Hall–Kier alpha value is -2.92. The number of hydrogen-bond acceptors (Lipinski definition) is 3. The van der Waals surface area contributed by atoms with Crippen LogP contribution < -0.4 is 4.90 Å². The molecule has 0 aliphatic carbocycles. The first-order valence-corrected chi connectivity index (χ1v) is 10.4. The molecule has 0 saturated carbocycles. The molecule has 2 aliphatic heterocycles. The van der Waals surface area contributed by atoms with E-state index < -0.39 is 28.8 Å². The average molecular weight is 417 g/mol. The fraction of sp³-hybridized carbons (Fsp3) is 0.320. The Morgan fingerprint density at radius 3 is 2.43 bits per heavy atom. The molecule has 1 unspecified atom stereocenters. The van der Waals surface area contributed by atoms with Gasteiger partial charge in [0.05, 0.1) is 24.3 Å². The summed E-state index contributed by atoms with van der Waals surface area (Å²) in [6.07, 6.45) is 3.94. The predicted molar refractivity (Wildman–Crippen MR) is 115 cm³/mol. The quantitative estimate of drug-likeness (QED) is 0.802. The number of benzene rings is 2. The number of Topliss-reactive ketones (excluding diaryl/α,β-unsaturated/α-hetero) is 1. The van der Waals surface area contributed by atoms with Gasteiger partial charge in [0, 0.05) is 16.0 Å². The third-order valence-corrected chi connectivity index (χ3v) is 6.57. The second-order valence-electron chi connectivity index (χ2n) is 9.11. The van der Waals surface area contributed by atoms with Gasteiger partial charge in [0.2, 0.25) is 5.41 Å². The molecule has 2 aliphatic rings. The van der Waals surface area contributed by atoms with Crippen molar-refractivity contribution >= 4 is 23.5 Å². The van der Waals surface area contributed by atoms with E-state index in [4.69, 9.17) is 11.6 Å². The lowest BCUT2D eigenvalue weighted by molar-refractivity contribution is -0.885. The number of nitrogens with one attached hydrogen (secondary N) is 1. The van der Waals surface area contributed by atoms with E-state index in [1.807, 2.05) is 69.4 Å². The van der Waals surface area contributed by atoms with Crippen molar-refractivity contribution in [2.45, 2.75) is 38.8 Å². The SMILES string of the molecule is CC(C)(C)C(=O)[C@H]1[C@H](c2cccc(Cl)c2)C(C#N)(C#N)[C@H]2c3ccccc3C=C[NH+]12. The molecule has 1 N–H and O–H groups in total. The van der Waals surface area contributed by atoms with E-state index >= 15 is 0 Å². The Morgan fingerprint density at radius 2 is 1.80 bits per heavy atom. The Morgan fingerprint density at radius 1 is 1.10 bits per heavy atom. The minimum Gasteiger partial charge on any atom is -0.292 e. The van der Waals surface area contributed by atoms with Gasteiger partial charge in [-0.15, -0.1) is 0 Å². The number of ketones is 1. The molecule has 0 amide bonds. The first kappa shape index (κ1) is 20.4. The van der Waals surface area contributed by atoms with Crippen LogP contribution in [0.4, 0.5) is 0 Å². The van der Waals surface area contributed by atoms with Gasteiger partial charge in [0.1, 0.15) is 0 Å². The summed E-state index contributed by atoms with van der Waals surface area (Å²) in [5.74, 6) is -0.572. The molecule has 0 spiro atoms. The highest BCUT2D eigenvalue weighted by Gasteiger charge is 2.68. The summed E-state index contributed by atoms with van der Waals surface area (Å²) in [6, 6.07) is 18.7. The van der Waals surface area contributed by atoms with Gasteiger partial charge in [-0.3, -0.25) is 9.69 Å². The van der Waals surface area contributed by atoms with E-state index in [0.717, 1.165) is 21.6 Å². The second-order valence-corrected chi connectivity index (χ2v) is 9.55. The maximum absolute atomic E-state index is 13.7. The van der Waals surface area contributed by atoms with E-state index in [2.05, 4.69) is 12.1 Å². The summed E-state index contributed by atoms with van der Waals surface area (Å²) in [7, 11) is 0. The number of carbonyl (C=O) groups is 1. The van der Waals surface area contributed by atoms with Gasteiger partial charge in [-0.05, 0) is 29.3 Å². The molecule has 4 nitrogen and oxygen atoms in total. The average Bonchev–Trinajstić information content (AvgIpc) is 3.03. The number of nitriles is 2. The van der Waals surface area contributed by atoms with Gasteiger partial charge >= 0.3 is 0 Å². The highest BCUT2D eigenvalue weighted by molar-refractivity contribution is 6.30. The number of rotatable bonds is 2. The van der Waals surface area contributed by atoms with Crippen LogP contribution in [0.5, 0.6) is 0 Å².